The lowest BCUT2D eigenvalue weighted by atomic mass is 9.96. The van der Waals surface area contributed by atoms with Gasteiger partial charge in [0.2, 0.25) is 0 Å². The summed E-state index contributed by atoms with van der Waals surface area (Å²) >= 11 is 0. The lowest BCUT2D eigenvalue weighted by Crippen LogP contribution is -2.28. The number of carbonyl (C=O) groups excluding carboxylic acids is 1. The summed E-state index contributed by atoms with van der Waals surface area (Å²) in [6.45, 7) is 5.72. The highest BCUT2D eigenvalue weighted by Gasteiger charge is 2.21. The van der Waals surface area contributed by atoms with E-state index in [0.29, 0.717) is 0 Å². The molecule has 0 aromatic heterocycles. The zero-order valence-corrected chi connectivity index (χ0v) is 14.0. The number of hydrogen-bond acceptors (Lipinski definition) is 2. The monoisotopic (exact) mass is 315 g/mol. The minimum atomic E-state index is -0.823. The van der Waals surface area contributed by atoms with Gasteiger partial charge in [0.1, 0.15) is 0 Å². The Morgan fingerprint density at radius 3 is 2.52 bits per heavy atom. The summed E-state index contributed by atoms with van der Waals surface area (Å²) in [6.07, 6.45) is 5.78. The van der Waals surface area contributed by atoms with Crippen LogP contribution in [0.3, 0.4) is 0 Å². The second-order valence-electron chi connectivity index (χ2n) is 6.11. The molecule has 1 aliphatic rings. The van der Waals surface area contributed by atoms with Gasteiger partial charge >= 0.3 is 5.97 Å². The molecule has 1 fully saturated rings. The standard InChI is InChI=1S/C19H25NO3/c1-3-6-15(8-10-18(21)22)16-7-9-17(14(2)13-16)19(23)20-11-4-5-12-20/h7-9,13H,3-6,10-12H2,1-2H3,(H,21,22)/b15-8+. The smallest absolute Gasteiger partial charge is 0.307 e. The molecule has 124 valence electrons. The molecule has 1 aliphatic heterocycles. The fourth-order valence-electron chi connectivity index (χ4n) is 3.04. The van der Waals surface area contributed by atoms with Crippen molar-refractivity contribution in [2.24, 2.45) is 0 Å². The first kappa shape index (κ1) is 17.3. The van der Waals surface area contributed by atoms with Crippen molar-refractivity contribution in [3.05, 3.63) is 41.0 Å². The number of likely N-dealkylation sites (tertiary alicyclic amines) is 1. The largest absolute Gasteiger partial charge is 0.481 e. The molecule has 1 saturated heterocycles. The van der Waals surface area contributed by atoms with Crippen LogP contribution in [0.15, 0.2) is 24.3 Å². The van der Waals surface area contributed by atoms with E-state index in [1.54, 1.807) is 6.08 Å². The van der Waals surface area contributed by atoms with E-state index >= 15 is 0 Å². The van der Waals surface area contributed by atoms with Crippen molar-refractivity contribution >= 4 is 17.4 Å². The van der Waals surface area contributed by atoms with Gasteiger partial charge in [0.15, 0.2) is 0 Å². The molecule has 1 aromatic rings. The van der Waals surface area contributed by atoms with Crippen LogP contribution < -0.4 is 0 Å². The third-order valence-electron chi connectivity index (χ3n) is 4.26. The van der Waals surface area contributed by atoms with Gasteiger partial charge in [-0.05, 0) is 49.0 Å². The number of aryl methyl sites for hydroxylation is 1. The zero-order chi connectivity index (χ0) is 16.8. The van der Waals surface area contributed by atoms with E-state index in [4.69, 9.17) is 5.11 Å². The summed E-state index contributed by atoms with van der Waals surface area (Å²) < 4.78 is 0. The molecule has 0 unspecified atom stereocenters. The first-order valence-electron chi connectivity index (χ1n) is 8.34. The Bertz CT molecular complexity index is 613. The van der Waals surface area contributed by atoms with Crippen molar-refractivity contribution in [1.29, 1.82) is 0 Å². The molecule has 0 saturated carbocycles. The van der Waals surface area contributed by atoms with E-state index in [1.807, 2.05) is 30.0 Å². The van der Waals surface area contributed by atoms with Crippen molar-refractivity contribution < 1.29 is 14.7 Å². The molecule has 0 radical (unpaired) electrons. The van der Waals surface area contributed by atoms with Crippen LogP contribution in [0, 0.1) is 6.92 Å². The number of benzene rings is 1. The topological polar surface area (TPSA) is 57.6 Å². The summed E-state index contributed by atoms with van der Waals surface area (Å²) in [5.74, 6) is -0.714. The van der Waals surface area contributed by atoms with Crippen LogP contribution in [0.25, 0.3) is 5.57 Å². The lowest BCUT2D eigenvalue weighted by Gasteiger charge is -2.17. The minimum Gasteiger partial charge on any atom is -0.481 e. The van der Waals surface area contributed by atoms with Crippen molar-refractivity contribution in [3.63, 3.8) is 0 Å². The van der Waals surface area contributed by atoms with Gasteiger partial charge in [-0.3, -0.25) is 9.59 Å². The number of rotatable bonds is 6. The number of amides is 1. The average Bonchev–Trinajstić information content (AvgIpc) is 3.05. The van der Waals surface area contributed by atoms with E-state index in [1.165, 1.54) is 0 Å². The molecule has 0 spiro atoms. The Balaban J connectivity index is 2.24. The van der Waals surface area contributed by atoms with E-state index in [9.17, 15) is 9.59 Å². The minimum absolute atomic E-state index is 0.0306. The van der Waals surface area contributed by atoms with Gasteiger partial charge in [-0.1, -0.05) is 31.6 Å². The van der Waals surface area contributed by atoms with E-state index in [2.05, 4.69) is 6.92 Å². The van der Waals surface area contributed by atoms with Gasteiger partial charge in [0.25, 0.3) is 5.91 Å². The Morgan fingerprint density at radius 2 is 1.96 bits per heavy atom. The van der Waals surface area contributed by atoms with Gasteiger partial charge in [-0.15, -0.1) is 0 Å². The maximum atomic E-state index is 12.5. The Labute approximate surface area is 137 Å². The molecule has 4 heteroatoms. The van der Waals surface area contributed by atoms with Gasteiger partial charge < -0.3 is 10.0 Å². The quantitative estimate of drug-likeness (QED) is 0.866. The van der Waals surface area contributed by atoms with Gasteiger partial charge in [-0.2, -0.15) is 0 Å². The molecule has 1 heterocycles. The van der Waals surface area contributed by atoms with Crippen LogP contribution in [0.4, 0.5) is 0 Å². The molecule has 1 amide bonds. The Kier molecular flexibility index (Phi) is 5.97. The summed E-state index contributed by atoms with van der Waals surface area (Å²) in [7, 11) is 0. The lowest BCUT2D eigenvalue weighted by molar-refractivity contribution is -0.136. The molecule has 1 N–H and O–H groups in total. The Hall–Kier alpha value is -2.10. The van der Waals surface area contributed by atoms with Gasteiger partial charge in [0.05, 0.1) is 6.42 Å². The maximum Gasteiger partial charge on any atom is 0.307 e. The number of carboxylic acid groups (broad SMARTS) is 1. The summed E-state index contributed by atoms with van der Waals surface area (Å²) in [5.41, 5.74) is 3.77. The van der Waals surface area contributed by atoms with Crippen LogP contribution >= 0.6 is 0 Å². The normalized spacial score (nSPS) is 15.0. The predicted molar refractivity (Wildman–Crippen MR) is 91.5 cm³/mol. The first-order chi connectivity index (χ1) is 11.0. The molecule has 1 aromatic carbocycles. The second kappa shape index (κ2) is 7.95. The molecule has 0 atom stereocenters. The van der Waals surface area contributed by atoms with Crippen LogP contribution in [0.1, 0.15) is 60.5 Å². The highest BCUT2D eigenvalue weighted by atomic mass is 16.4. The van der Waals surface area contributed by atoms with Crippen LogP contribution in [0.2, 0.25) is 0 Å². The molecule has 0 aliphatic carbocycles. The second-order valence-corrected chi connectivity index (χ2v) is 6.11. The SMILES string of the molecule is CCC/C(=C\CC(=O)O)c1ccc(C(=O)N2CCCC2)c(C)c1. The number of carbonyl (C=O) groups is 2. The Morgan fingerprint density at radius 1 is 1.26 bits per heavy atom. The molecular weight excluding hydrogens is 290 g/mol. The third-order valence-corrected chi connectivity index (χ3v) is 4.26. The van der Waals surface area contributed by atoms with E-state index in [-0.39, 0.29) is 12.3 Å². The van der Waals surface area contributed by atoms with Crippen molar-refractivity contribution in [1.82, 2.24) is 4.90 Å². The number of nitrogens with zero attached hydrogens (tertiary/aromatic N) is 1. The third kappa shape index (κ3) is 4.44. The average molecular weight is 315 g/mol. The van der Waals surface area contributed by atoms with Gasteiger partial charge in [0, 0.05) is 18.7 Å². The van der Waals surface area contributed by atoms with Crippen molar-refractivity contribution in [2.45, 2.75) is 46.0 Å². The fraction of sp³-hybridized carbons (Fsp3) is 0.474. The van der Waals surface area contributed by atoms with E-state index < -0.39 is 5.97 Å². The molecule has 23 heavy (non-hydrogen) atoms. The number of carboxylic acids is 1. The zero-order valence-electron chi connectivity index (χ0n) is 14.0. The van der Waals surface area contributed by atoms with E-state index in [0.717, 1.165) is 61.0 Å². The number of allylic oxidation sites excluding steroid dienone is 1. The number of hydrogen-bond donors (Lipinski definition) is 1. The van der Waals surface area contributed by atoms with Crippen LogP contribution in [-0.2, 0) is 4.79 Å². The van der Waals surface area contributed by atoms with Crippen molar-refractivity contribution in [3.8, 4) is 0 Å². The van der Waals surface area contributed by atoms with Crippen LogP contribution in [-0.4, -0.2) is 35.0 Å². The van der Waals surface area contributed by atoms with Crippen molar-refractivity contribution in [2.75, 3.05) is 13.1 Å². The summed E-state index contributed by atoms with van der Waals surface area (Å²) in [4.78, 5) is 25.2. The molecular formula is C19H25NO3. The maximum absolute atomic E-state index is 12.5. The van der Waals surface area contributed by atoms with Gasteiger partial charge in [-0.25, -0.2) is 0 Å². The molecule has 0 bridgehead atoms. The molecule has 4 nitrogen and oxygen atoms in total. The summed E-state index contributed by atoms with van der Waals surface area (Å²) in [5, 5.41) is 8.88. The fourth-order valence-corrected chi connectivity index (χ4v) is 3.04. The molecule has 2 rings (SSSR count). The van der Waals surface area contributed by atoms with Crippen LogP contribution in [0.5, 0.6) is 0 Å². The first-order valence-corrected chi connectivity index (χ1v) is 8.34. The highest BCUT2D eigenvalue weighted by molar-refractivity contribution is 5.96. The highest BCUT2D eigenvalue weighted by Crippen LogP contribution is 2.24. The predicted octanol–water partition coefficient (Wildman–Crippen LogP) is 3.89. The summed E-state index contributed by atoms with van der Waals surface area (Å²) in [6, 6.07) is 5.84. The number of aliphatic carboxylic acids is 1.